The molecule has 1 aliphatic rings. The third-order valence-corrected chi connectivity index (χ3v) is 5.22. The van der Waals surface area contributed by atoms with E-state index in [2.05, 4.69) is 59.0 Å². The number of hydrogen-bond donors (Lipinski definition) is 2. The van der Waals surface area contributed by atoms with Gasteiger partial charge in [0.15, 0.2) is 5.96 Å². The first-order valence-corrected chi connectivity index (χ1v) is 10.3. The summed E-state index contributed by atoms with van der Waals surface area (Å²) in [6.07, 6.45) is 10.2. The monoisotopic (exact) mass is 362 g/mol. The first-order valence-electron chi connectivity index (χ1n) is 10.3. The Morgan fingerprint density at radius 1 is 1.19 bits per heavy atom. The highest BCUT2D eigenvalue weighted by atomic mass is 15.2. The molecule has 0 atom stereocenters. The van der Waals surface area contributed by atoms with Gasteiger partial charge in [0, 0.05) is 37.6 Å². The van der Waals surface area contributed by atoms with E-state index in [0.29, 0.717) is 0 Å². The lowest BCUT2D eigenvalue weighted by atomic mass is 9.99. The highest BCUT2D eigenvalue weighted by Crippen LogP contribution is 2.20. The maximum atomic E-state index is 4.86. The molecular formula is C20H38N6. The minimum absolute atomic E-state index is 0.127. The van der Waals surface area contributed by atoms with E-state index in [1.165, 1.54) is 32.4 Å². The highest BCUT2D eigenvalue weighted by molar-refractivity contribution is 5.79. The second-order valence-electron chi connectivity index (χ2n) is 7.86. The van der Waals surface area contributed by atoms with E-state index in [1.807, 2.05) is 6.20 Å². The summed E-state index contributed by atoms with van der Waals surface area (Å²) < 4.78 is 2.21. The fraction of sp³-hybridized carbons (Fsp3) is 0.800. The van der Waals surface area contributed by atoms with Gasteiger partial charge in [-0.15, -0.1) is 0 Å². The zero-order valence-electron chi connectivity index (χ0n) is 17.2. The molecule has 148 valence electrons. The summed E-state index contributed by atoms with van der Waals surface area (Å²) in [7, 11) is 0. The molecule has 2 heterocycles. The fourth-order valence-corrected chi connectivity index (χ4v) is 3.47. The molecule has 0 radical (unpaired) electrons. The predicted octanol–water partition coefficient (Wildman–Crippen LogP) is 2.79. The second kappa shape index (κ2) is 10.6. The Morgan fingerprint density at radius 3 is 2.62 bits per heavy atom. The lowest BCUT2D eigenvalue weighted by Crippen LogP contribution is -2.49. The van der Waals surface area contributed by atoms with Crippen molar-refractivity contribution in [2.24, 2.45) is 4.99 Å². The smallest absolute Gasteiger partial charge is 0.191 e. The molecule has 26 heavy (non-hydrogen) atoms. The van der Waals surface area contributed by atoms with Gasteiger partial charge in [0.05, 0.1) is 6.54 Å². The third-order valence-electron chi connectivity index (χ3n) is 5.22. The lowest BCUT2D eigenvalue weighted by molar-refractivity contribution is 0.102. The van der Waals surface area contributed by atoms with E-state index in [9.17, 15) is 0 Å². The average Bonchev–Trinajstić information content (AvgIpc) is 3.05. The second-order valence-corrected chi connectivity index (χ2v) is 7.86. The zero-order valence-corrected chi connectivity index (χ0v) is 17.2. The molecular weight excluding hydrogens is 324 g/mol. The average molecular weight is 363 g/mol. The molecule has 0 spiro atoms. The van der Waals surface area contributed by atoms with Gasteiger partial charge in [0.1, 0.15) is 5.82 Å². The Morgan fingerprint density at radius 2 is 1.96 bits per heavy atom. The number of aryl methyl sites for hydroxylation is 2. The molecule has 2 rings (SSSR count). The van der Waals surface area contributed by atoms with Gasteiger partial charge in [-0.3, -0.25) is 9.89 Å². The first kappa shape index (κ1) is 20.7. The predicted molar refractivity (Wildman–Crippen MR) is 110 cm³/mol. The van der Waals surface area contributed by atoms with E-state index < -0.39 is 0 Å². The Bertz CT molecular complexity index is 542. The maximum absolute atomic E-state index is 4.86. The Hall–Kier alpha value is -1.56. The van der Waals surface area contributed by atoms with Gasteiger partial charge in [0.2, 0.25) is 0 Å². The van der Waals surface area contributed by atoms with E-state index in [0.717, 1.165) is 50.8 Å². The normalized spacial score (nSPS) is 16.7. The van der Waals surface area contributed by atoms with E-state index >= 15 is 0 Å². The van der Waals surface area contributed by atoms with Crippen LogP contribution in [0.25, 0.3) is 0 Å². The number of rotatable bonds is 9. The number of imidazole rings is 1. The number of aliphatic imine (C=N–C) groups is 1. The summed E-state index contributed by atoms with van der Waals surface area (Å²) in [6.45, 7) is 14.9. The first-order chi connectivity index (χ1) is 12.5. The molecule has 6 heteroatoms. The van der Waals surface area contributed by atoms with E-state index in [4.69, 9.17) is 4.99 Å². The quantitative estimate of drug-likeness (QED) is 0.403. The lowest BCUT2D eigenvalue weighted by Gasteiger charge is -2.40. The Labute approximate surface area is 159 Å². The molecule has 6 nitrogen and oxygen atoms in total. The molecule has 1 saturated heterocycles. The number of unbranched alkanes of at least 4 members (excludes halogenated alkanes) is 1. The number of aromatic nitrogens is 2. The van der Waals surface area contributed by atoms with Crippen LogP contribution in [0.3, 0.4) is 0 Å². The summed E-state index contributed by atoms with van der Waals surface area (Å²) in [6, 6.07) is 0. The standard InChI is InChI=1S/C20H38N6/c1-5-21-19(23-11-7-10-13-25-16-12-22-18(25)2)24-17-20(3,4)26-14-8-6-9-15-26/h12,16H,5-11,13-15,17H2,1-4H3,(H2,21,23,24). The number of nitrogens with one attached hydrogen (secondary N) is 2. The summed E-state index contributed by atoms with van der Waals surface area (Å²) >= 11 is 0. The summed E-state index contributed by atoms with van der Waals surface area (Å²) in [4.78, 5) is 11.7. The molecule has 2 N–H and O–H groups in total. The molecule has 1 aromatic heterocycles. The van der Waals surface area contributed by atoms with Gasteiger partial charge in [-0.05, 0) is 66.5 Å². The van der Waals surface area contributed by atoms with Crippen LogP contribution >= 0.6 is 0 Å². The Kier molecular flexibility index (Phi) is 8.42. The molecule has 1 aromatic rings. The van der Waals surface area contributed by atoms with Crippen LogP contribution in [0, 0.1) is 6.92 Å². The van der Waals surface area contributed by atoms with E-state index in [1.54, 1.807) is 0 Å². The summed E-state index contributed by atoms with van der Waals surface area (Å²) in [5, 5.41) is 6.86. The van der Waals surface area contributed by atoms with Crippen LogP contribution in [-0.4, -0.2) is 58.7 Å². The van der Waals surface area contributed by atoms with Crippen LogP contribution in [0.15, 0.2) is 17.4 Å². The van der Waals surface area contributed by atoms with Crippen molar-refractivity contribution in [2.75, 3.05) is 32.7 Å². The van der Waals surface area contributed by atoms with E-state index in [-0.39, 0.29) is 5.54 Å². The minimum atomic E-state index is 0.127. The SMILES string of the molecule is CCNC(=NCC(C)(C)N1CCCCC1)NCCCCn1ccnc1C. The van der Waals surface area contributed by atoms with Crippen LogP contribution in [0.2, 0.25) is 0 Å². The minimum Gasteiger partial charge on any atom is -0.357 e. The molecule has 1 fully saturated rings. The zero-order chi connectivity index (χ0) is 18.8. The molecule has 1 aliphatic heterocycles. The van der Waals surface area contributed by atoms with Crippen molar-refractivity contribution in [3.05, 3.63) is 18.2 Å². The highest BCUT2D eigenvalue weighted by Gasteiger charge is 2.27. The number of nitrogens with zero attached hydrogens (tertiary/aromatic N) is 4. The number of piperidine rings is 1. The van der Waals surface area contributed by atoms with Crippen molar-refractivity contribution in [1.82, 2.24) is 25.1 Å². The van der Waals surface area contributed by atoms with Crippen molar-refractivity contribution in [2.45, 2.75) is 71.9 Å². The molecule has 0 bridgehead atoms. The van der Waals surface area contributed by atoms with Crippen molar-refractivity contribution in [3.63, 3.8) is 0 Å². The summed E-state index contributed by atoms with van der Waals surface area (Å²) in [5.41, 5.74) is 0.127. The van der Waals surface area contributed by atoms with Gasteiger partial charge in [0.25, 0.3) is 0 Å². The summed E-state index contributed by atoms with van der Waals surface area (Å²) in [5.74, 6) is 2.03. The van der Waals surface area contributed by atoms with Crippen LogP contribution < -0.4 is 10.6 Å². The molecule has 0 saturated carbocycles. The largest absolute Gasteiger partial charge is 0.357 e. The third kappa shape index (κ3) is 6.63. The topological polar surface area (TPSA) is 57.5 Å². The van der Waals surface area contributed by atoms with Gasteiger partial charge in [-0.1, -0.05) is 6.42 Å². The number of likely N-dealkylation sites (tertiary alicyclic amines) is 1. The van der Waals surface area contributed by atoms with Crippen molar-refractivity contribution in [3.8, 4) is 0 Å². The van der Waals surface area contributed by atoms with Crippen molar-refractivity contribution < 1.29 is 0 Å². The molecule has 0 aliphatic carbocycles. The maximum Gasteiger partial charge on any atom is 0.191 e. The van der Waals surface area contributed by atoms with Gasteiger partial charge >= 0.3 is 0 Å². The van der Waals surface area contributed by atoms with Crippen molar-refractivity contribution in [1.29, 1.82) is 0 Å². The van der Waals surface area contributed by atoms with Crippen LogP contribution in [0.4, 0.5) is 0 Å². The van der Waals surface area contributed by atoms with Gasteiger partial charge in [-0.25, -0.2) is 4.98 Å². The van der Waals surface area contributed by atoms with Crippen molar-refractivity contribution >= 4 is 5.96 Å². The number of guanidine groups is 1. The van der Waals surface area contributed by atoms with Gasteiger partial charge in [-0.2, -0.15) is 0 Å². The Balaban J connectivity index is 1.73. The molecule has 0 aromatic carbocycles. The van der Waals surface area contributed by atoms with Crippen LogP contribution in [0.1, 0.15) is 58.7 Å². The molecule has 0 unspecified atom stereocenters. The number of hydrogen-bond acceptors (Lipinski definition) is 3. The van der Waals surface area contributed by atoms with Crippen LogP contribution in [-0.2, 0) is 6.54 Å². The molecule has 0 amide bonds. The van der Waals surface area contributed by atoms with Crippen LogP contribution in [0.5, 0.6) is 0 Å². The van der Waals surface area contributed by atoms with Gasteiger partial charge < -0.3 is 15.2 Å². The fourth-order valence-electron chi connectivity index (χ4n) is 3.47.